The predicted octanol–water partition coefficient (Wildman–Crippen LogP) is 4.35. The number of halogens is 3. The second-order valence-electron chi connectivity index (χ2n) is 8.98. The van der Waals surface area contributed by atoms with Gasteiger partial charge in [0.15, 0.2) is 5.65 Å². The zero-order chi connectivity index (χ0) is 23.9. The molecular formula is C24H25F3N4O3. The fourth-order valence-corrected chi connectivity index (χ4v) is 4.63. The second kappa shape index (κ2) is 8.57. The van der Waals surface area contributed by atoms with E-state index in [9.17, 15) is 18.0 Å². The third-order valence-corrected chi connectivity index (χ3v) is 6.55. The molecule has 2 saturated heterocycles. The molecule has 0 unspecified atom stereocenters. The third-order valence-electron chi connectivity index (χ3n) is 6.55. The van der Waals surface area contributed by atoms with E-state index in [4.69, 9.17) is 9.47 Å². The number of alkyl halides is 3. The van der Waals surface area contributed by atoms with E-state index in [1.54, 1.807) is 18.2 Å². The molecule has 2 aromatic heterocycles. The molecule has 0 bridgehead atoms. The van der Waals surface area contributed by atoms with E-state index < -0.39 is 17.6 Å². The maximum atomic E-state index is 13.2. The van der Waals surface area contributed by atoms with Crippen LogP contribution in [-0.4, -0.2) is 56.8 Å². The van der Waals surface area contributed by atoms with Crippen LogP contribution < -0.4 is 4.74 Å². The molecule has 2 fully saturated rings. The van der Waals surface area contributed by atoms with Crippen LogP contribution in [-0.2, 0) is 15.7 Å². The van der Waals surface area contributed by atoms with Crippen molar-refractivity contribution in [3.8, 4) is 16.9 Å². The average Bonchev–Trinajstić information content (AvgIpc) is 3.46. The number of benzene rings is 1. The molecule has 0 N–H and O–H groups in total. The van der Waals surface area contributed by atoms with Crippen molar-refractivity contribution >= 4 is 11.6 Å². The van der Waals surface area contributed by atoms with Gasteiger partial charge in [-0.05, 0) is 55.2 Å². The summed E-state index contributed by atoms with van der Waals surface area (Å²) in [4.78, 5) is 14.7. The van der Waals surface area contributed by atoms with Gasteiger partial charge in [0.2, 0.25) is 5.82 Å². The van der Waals surface area contributed by atoms with Crippen molar-refractivity contribution in [1.29, 1.82) is 0 Å². The van der Waals surface area contributed by atoms with Gasteiger partial charge in [-0.1, -0.05) is 12.1 Å². The first-order valence-corrected chi connectivity index (χ1v) is 11.4. The predicted molar refractivity (Wildman–Crippen MR) is 117 cm³/mol. The molecule has 2 aliphatic rings. The van der Waals surface area contributed by atoms with Crippen LogP contribution >= 0.6 is 0 Å². The van der Waals surface area contributed by atoms with Gasteiger partial charge in [0.1, 0.15) is 17.5 Å². The molecule has 10 heteroatoms. The summed E-state index contributed by atoms with van der Waals surface area (Å²) in [7, 11) is 0. The first-order chi connectivity index (χ1) is 16.2. The van der Waals surface area contributed by atoms with Crippen molar-refractivity contribution in [2.75, 3.05) is 19.7 Å². The van der Waals surface area contributed by atoms with Gasteiger partial charge in [0, 0.05) is 38.7 Å². The summed E-state index contributed by atoms with van der Waals surface area (Å²) in [6.45, 7) is 3.76. The van der Waals surface area contributed by atoms with Crippen LogP contribution in [0.15, 0.2) is 42.6 Å². The highest BCUT2D eigenvalue weighted by Gasteiger charge is 2.41. The summed E-state index contributed by atoms with van der Waals surface area (Å²) in [6, 6.07) is 10.5. The summed E-state index contributed by atoms with van der Waals surface area (Å²) in [5.74, 6) is -0.310. The Kier molecular flexibility index (Phi) is 5.71. The quantitative estimate of drug-likeness (QED) is 0.562. The minimum atomic E-state index is -4.59. The summed E-state index contributed by atoms with van der Waals surface area (Å²) < 4.78 is 52.2. The Hall–Kier alpha value is -3.14. The fraction of sp³-hybridized carbons (Fsp3) is 0.458. The number of pyridine rings is 1. The van der Waals surface area contributed by atoms with Gasteiger partial charge in [-0.25, -0.2) is 0 Å². The lowest BCUT2D eigenvalue weighted by molar-refractivity contribution is -0.152. The Bertz CT molecular complexity index is 1180. The molecule has 1 aromatic carbocycles. The normalized spacial score (nSPS) is 21.8. The summed E-state index contributed by atoms with van der Waals surface area (Å²) in [5.41, 5.74) is 0.801. The molecule has 3 aromatic rings. The van der Waals surface area contributed by atoms with Crippen molar-refractivity contribution in [3.05, 3.63) is 48.4 Å². The number of hydrogen-bond acceptors (Lipinski definition) is 5. The number of amides is 1. The summed E-state index contributed by atoms with van der Waals surface area (Å²) in [6.07, 6.45) is -0.0741. The number of hydrogen-bond donors (Lipinski definition) is 0. The number of fused-ring (bicyclic) bond motifs is 1. The van der Waals surface area contributed by atoms with Crippen molar-refractivity contribution < 1.29 is 27.4 Å². The first-order valence-electron chi connectivity index (χ1n) is 11.4. The standard InChI is InChI=1S/C24H25F3N4O3/c1-23(11-2-14-33-23)22(32)30-12-9-19(10-13-30)34-18-6-3-16(4-7-18)17-5-8-20-28-29-21(24(25,26)27)31(20)15-17/h3-8,15,19H,2,9-14H2,1H3/t23-/m1/s1. The van der Waals surface area contributed by atoms with E-state index in [-0.39, 0.29) is 17.7 Å². The second-order valence-corrected chi connectivity index (χ2v) is 8.98. The molecule has 180 valence electrons. The number of nitrogens with zero attached hydrogens (tertiary/aromatic N) is 4. The lowest BCUT2D eigenvalue weighted by Crippen LogP contribution is -2.50. The van der Waals surface area contributed by atoms with E-state index in [2.05, 4.69) is 10.2 Å². The molecule has 5 rings (SSSR count). The van der Waals surface area contributed by atoms with Crippen molar-refractivity contribution in [2.45, 2.75) is 50.5 Å². The van der Waals surface area contributed by atoms with Crippen LogP contribution in [0.4, 0.5) is 13.2 Å². The number of carbonyl (C=O) groups is 1. The number of aromatic nitrogens is 3. The van der Waals surface area contributed by atoms with Crippen LogP contribution in [0.1, 0.15) is 38.4 Å². The highest BCUT2D eigenvalue weighted by Crippen LogP contribution is 2.31. The van der Waals surface area contributed by atoms with E-state index in [0.717, 1.165) is 35.6 Å². The van der Waals surface area contributed by atoms with Gasteiger partial charge in [0.25, 0.3) is 5.91 Å². The van der Waals surface area contributed by atoms with Gasteiger partial charge in [-0.15, -0.1) is 10.2 Å². The van der Waals surface area contributed by atoms with Gasteiger partial charge in [-0.3, -0.25) is 9.20 Å². The molecular weight excluding hydrogens is 449 g/mol. The topological polar surface area (TPSA) is 69.0 Å². The minimum absolute atomic E-state index is 0.00470. The summed E-state index contributed by atoms with van der Waals surface area (Å²) in [5, 5.41) is 6.84. The van der Waals surface area contributed by atoms with Crippen LogP contribution in [0.25, 0.3) is 16.8 Å². The van der Waals surface area contributed by atoms with Gasteiger partial charge >= 0.3 is 6.18 Å². The van der Waals surface area contributed by atoms with Crippen LogP contribution in [0.5, 0.6) is 5.75 Å². The number of piperidine rings is 1. The monoisotopic (exact) mass is 474 g/mol. The van der Waals surface area contributed by atoms with Crippen LogP contribution in [0.3, 0.4) is 0 Å². The van der Waals surface area contributed by atoms with Crippen molar-refractivity contribution in [1.82, 2.24) is 19.5 Å². The average molecular weight is 474 g/mol. The molecule has 1 amide bonds. The van der Waals surface area contributed by atoms with E-state index in [0.29, 0.717) is 31.0 Å². The Morgan fingerprint density at radius 1 is 1.09 bits per heavy atom. The number of likely N-dealkylation sites (tertiary alicyclic amines) is 1. The molecule has 34 heavy (non-hydrogen) atoms. The molecule has 7 nitrogen and oxygen atoms in total. The number of rotatable bonds is 4. The highest BCUT2D eigenvalue weighted by molar-refractivity contribution is 5.85. The van der Waals surface area contributed by atoms with Gasteiger partial charge in [-0.2, -0.15) is 13.2 Å². The Morgan fingerprint density at radius 2 is 1.79 bits per heavy atom. The lowest BCUT2D eigenvalue weighted by Gasteiger charge is -2.36. The SMILES string of the molecule is C[C@]1(C(=O)N2CCC(Oc3ccc(-c4ccc5nnc(C(F)(F)F)n5c4)cc3)CC2)CCCO1. The fourth-order valence-electron chi connectivity index (χ4n) is 4.63. The van der Waals surface area contributed by atoms with E-state index in [1.165, 1.54) is 12.3 Å². The molecule has 4 heterocycles. The first kappa shape index (κ1) is 22.6. The maximum absolute atomic E-state index is 13.2. The summed E-state index contributed by atoms with van der Waals surface area (Å²) >= 11 is 0. The van der Waals surface area contributed by atoms with Gasteiger partial charge in [0.05, 0.1) is 0 Å². The zero-order valence-electron chi connectivity index (χ0n) is 18.7. The molecule has 0 radical (unpaired) electrons. The Morgan fingerprint density at radius 3 is 2.44 bits per heavy atom. The third kappa shape index (κ3) is 4.34. The molecule has 2 aliphatic heterocycles. The molecule has 0 aliphatic carbocycles. The Balaban J connectivity index is 1.22. The van der Waals surface area contributed by atoms with Crippen LogP contribution in [0, 0.1) is 0 Å². The number of carbonyl (C=O) groups excluding carboxylic acids is 1. The largest absolute Gasteiger partial charge is 0.490 e. The molecule has 1 atom stereocenters. The Labute approximate surface area is 194 Å². The smallest absolute Gasteiger partial charge is 0.452 e. The van der Waals surface area contributed by atoms with Crippen molar-refractivity contribution in [3.63, 3.8) is 0 Å². The zero-order valence-corrected chi connectivity index (χ0v) is 18.7. The number of ether oxygens (including phenoxy) is 2. The minimum Gasteiger partial charge on any atom is -0.490 e. The van der Waals surface area contributed by atoms with Crippen molar-refractivity contribution in [2.24, 2.45) is 0 Å². The van der Waals surface area contributed by atoms with E-state index >= 15 is 0 Å². The van der Waals surface area contributed by atoms with E-state index in [1.807, 2.05) is 24.0 Å². The highest BCUT2D eigenvalue weighted by atomic mass is 19.4. The van der Waals surface area contributed by atoms with Crippen LogP contribution in [0.2, 0.25) is 0 Å². The maximum Gasteiger partial charge on any atom is 0.452 e. The van der Waals surface area contributed by atoms with Gasteiger partial charge < -0.3 is 14.4 Å². The lowest BCUT2D eigenvalue weighted by atomic mass is 9.98. The molecule has 0 saturated carbocycles. The molecule has 0 spiro atoms.